The highest BCUT2D eigenvalue weighted by atomic mass is 35.5. The number of aliphatic carboxylic acids is 1. The number of benzene rings is 2. The standard InChI is InChI=1S/C25H27Cl2NO4/c1-25(13-22(30)31)12-20(17-3-2-4-19(27)11-17)23(16-7-9-18(26)10-8-16)28(24(25)32)21(14-29)15-5-6-15/h2-4,7-11,15,20-21,23,29H,5-6,12-14H2,1H3,(H,30,31)/t20-,21-,23-,25-/m1/s1. The zero-order valence-corrected chi connectivity index (χ0v) is 19.4. The lowest BCUT2D eigenvalue weighted by atomic mass is 9.67. The van der Waals surface area contributed by atoms with Gasteiger partial charge in [0.1, 0.15) is 0 Å². The quantitative estimate of drug-likeness (QED) is 0.569. The SMILES string of the molecule is C[C@]1(CC(=O)O)C[C@H](c2cccc(Cl)c2)[C@@H](c2ccc(Cl)cc2)N([C@H](CO)C2CC2)C1=O. The van der Waals surface area contributed by atoms with Gasteiger partial charge in [0.2, 0.25) is 5.91 Å². The second-order valence-corrected chi connectivity index (χ2v) is 10.2. The predicted molar refractivity (Wildman–Crippen MR) is 124 cm³/mol. The molecule has 1 saturated carbocycles. The number of likely N-dealkylation sites (tertiary alicyclic amines) is 1. The summed E-state index contributed by atoms with van der Waals surface area (Å²) in [6.45, 7) is 1.57. The molecule has 1 aliphatic heterocycles. The Labute approximate surface area is 197 Å². The van der Waals surface area contributed by atoms with Crippen molar-refractivity contribution in [2.24, 2.45) is 11.3 Å². The van der Waals surface area contributed by atoms with Crippen LogP contribution in [0.3, 0.4) is 0 Å². The molecule has 0 radical (unpaired) electrons. The van der Waals surface area contributed by atoms with Crippen LogP contribution in [0.25, 0.3) is 0 Å². The number of carboxylic acids is 1. The average molecular weight is 476 g/mol. The average Bonchev–Trinajstić information content (AvgIpc) is 3.57. The number of hydrogen-bond donors (Lipinski definition) is 2. The Balaban J connectivity index is 1.89. The van der Waals surface area contributed by atoms with Gasteiger partial charge in [0.15, 0.2) is 0 Å². The number of aliphatic hydroxyl groups is 1. The Morgan fingerprint density at radius 3 is 2.38 bits per heavy atom. The second-order valence-electron chi connectivity index (χ2n) is 9.29. The lowest BCUT2D eigenvalue weighted by Gasteiger charge is -2.51. The molecule has 5 nitrogen and oxygen atoms in total. The number of aliphatic hydroxyl groups excluding tert-OH is 1. The summed E-state index contributed by atoms with van der Waals surface area (Å²) in [5.74, 6) is -1.21. The molecule has 2 aliphatic rings. The van der Waals surface area contributed by atoms with Gasteiger partial charge >= 0.3 is 5.97 Å². The third kappa shape index (κ3) is 4.52. The van der Waals surface area contributed by atoms with E-state index in [4.69, 9.17) is 23.2 Å². The number of hydrogen-bond acceptors (Lipinski definition) is 3. The van der Waals surface area contributed by atoms with E-state index in [2.05, 4.69) is 0 Å². The summed E-state index contributed by atoms with van der Waals surface area (Å²) >= 11 is 12.5. The van der Waals surface area contributed by atoms with Crippen molar-refractivity contribution in [3.05, 3.63) is 69.7 Å². The molecular weight excluding hydrogens is 449 g/mol. The van der Waals surface area contributed by atoms with Gasteiger partial charge in [0.05, 0.1) is 30.5 Å². The Bertz CT molecular complexity index is 1010. The molecule has 4 atom stereocenters. The molecular formula is C25H27Cl2NO4. The molecule has 1 aliphatic carbocycles. The smallest absolute Gasteiger partial charge is 0.304 e. The molecule has 2 N–H and O–H groups in total. The first-order valence-electron chi connectivity index (χ1n) is 10.9. The maximum Gasteiger partial charge on any atom is 0.304 e. The van der Waals surface area contributed by atoms with Crippen molar-refractivity contribution in [3.63, 3.8) is 0 Å². The Morgan fingerprint density at radius 1 is 1.12 bits per heavy atom. The molecule has 1 heterocycles. The highest BCUT2D eigenvalue weighted by molar-refractivity contribution is 6.30. The molecule has 32 heavy (non-hydrogen) atoms. The summed E-state index contributed by atoms with van der Waals surface area (Å²) < 4.78 is 0. The molecule has 2 aromatic carbocycles. The molecule has 0 unspecified atom stereocenters. The number of halogens is 2. The Hall–Kier alpha value is -2.08. The fourth-order valence-electron chi connectivity index (χ4n) is 5.19. The van der Waals surface area contributed by atoms with E-state index in [1.807, 2.05) is 30.3 Å². The number of carbonyl (C=O) groups is 2. The van der Waals surface area contributed by atoms with Gasteiger partial charge in [-0.1, -0.05) is 54.4 Å². The van der Waals surface area contributed by atoms with E-state index in [1.165, 1.54) is 0 Å². The number of carbonyl (C=O) groups excluding carboxylic acids is 1. The Morgan fingerprint density at radius 2 is 1.81 bits per heavy atom. The van der Waals surface area contributed by atoms with Crippen LogP contribution >= 0.6 is 23.2 Å². The van der Waals surface area contributed by atoms with Gasteiger partial charge in [-0.05, 0) is 60.6 Å². The molecule has 0 aromatic heterocycles. The van der Waals surface area contributed by atoms with E-state index in [-0.39, 0.29) is 42.9 Å². The molecule has 2 aromatic rings. The first-order valence-corrected chi connectivity index (χ1v) is 11.7. The van der Waals surface area contributed by atoms with Gasteiger partial charge in [-0.25, -0.2) is 0 Å². The van der Waals surface area contributed by atoms with Crippen molar-refractivity contribution < 1.29 is 19.8 Å². The highest BCUT2D eigenvalue weighted by Gasteiger charge is 2.54. The number of carboxylic acid groups (broad SMARTS) is 1. The van der Waals surface area contributed by atoms with Gasteiger partial charge < -0.3 is 15.1 Å². The van der Waals surface area contributed by atoms with Crippen LogP contribution in [0, 0.1) is 11.3 Å². The van der Waals surface area contributed by atoms with Crippen molar-refractivity contribution in [3.8, 4) is 0 Å². The molecule has 1 saturated heterocycles. The normalized spacial score (nSPS) is 26.8. The van der Waals surface area contributed by atoms with Crippen molar-refractivity contribution in [1.29, 1.82) is 0 Å². The van der Waals surface area contributed by atoms with Crippen LogP contribution in [0.15, 0.2) is 48.5 Å². The van der Waals surface area contributed by atoms with E-state index in [9.17, 15) is 19.8 Å². The first kappa shape index (κ1) is 23.1. The van der Waals surface area contributed by atoms with E-state index < -0.39 is 11.4 Å². The second kappa shape index (κ2) is 9.05. The summed E-state index contributed by atoms with van der Waals surface area (Å²) in [6.07, 6.45) is 1.99. The molecule has 1 amide bonds. The minimum atomic E-state index is -1.09. The van der Waals surface area contributed by atoms with Crippen LogP contribution in [0.4, 0.5) is 0 Å². The Kier molecular flexibility index (Phi) is 6.53. The molecule has 7 heteroatoms. The molecule has 170 valence electrons. The summed E-state index contributed by atoms with van der Waals surface area (Å²) in [4.78, 5) is 27.4. The summed E-state index contributed by atoms with van der Waals surface area (Å²) in [7, 11) is 0. The largest absolute Gasteiger partial charge is 0.481 e. The number of nitrogens with zero attached hydrogens (tertiary/aromatic N) is 1. The van der Waals surface area contributed by atoms with Crippen LogP contribution in [-0.4, -0.2) is 39.6 Å². The maximum atomic E-state index is 13.9. The minimum Gasteiger partial charge on any atom is -0.481 e. The molecule has 4 rings (SSSR count). The molecule has 0 bridgehead atoms. The third-order valence-corrected chi connectivity index (χ3v) is 7.33. The van der Waals surface area contributed by atoms with Gasteiger partial charge in [-0.2, -0.15) is 0 Å². The van der Waals surface area contributed by atoms with Crippen molar-refractivity contribution in [2.75, 3.05) is 6.61 Å². The zero-order valence-electron chi connectivity index (χ0n) is 17.9. The number of rotatable bonds is 7. The van der Waals surface area contributed by atoms with Crippen LogP contribution in [-0.2, 0) is 9.59 Å². The lowest BCUT2D eigenvalue weighted by Crippen LogP contribution is -2.57. The highest BCUT2D eigenvalue weighted by Crippen LogP contribution is 2.53. The van der Waals surface area contributed by atoms with Gasteiger partial charge in [0, 0.05) is 16.0 Å². The van der Waals surface area contributed by atoms with Gasteiger partial charge in [0.25, 0.3) is 0 Å². The van der Waals surface area contributed by atoms with Crippen LogP contribution < -0.4 is 0 Å². The van der Waals surface area contributed by atoms with Gasteiger partial charge in [-0.15, -0.1) is 0 Å². The predicted octanol–water partition coefficient (Wildman–Crippen LogP) is 5.30. The number of piperidine rings is 1. The summed E-state index contributed by atoms with van der Waals surface area (Å²) in [5.41, 5.74) is 0.757. The fraction of sp³-hybridized carbons (Fsp3) is 0.440. The third-order valence-electron chi connectivity index (χ3n) is 6.84. The summed E-state index contributed by atoms with van der Waals surface area (Å²) in [6, 6.07) is 14.2. The van der Waals surface area contributed by atoms with E-state index in [0.717, 1.165) is 24.0 Å². The minimum absolute atomic E-state index is 0.161. The fourth-order valence-corrected chi connectivity index (χ4v) is 5.51. The monoisotopic (exact) mass is 475 g/mol. The van der Waals surface area contributed by atoms with Gasteiger partial charge in [-0.3, -0.25) is 9.59 Å². The van der Waals surface area contributed by atoms with E-state index >= 15 is 0 Å². The van der Waals surface area contributed by atoms with Crippen LogP contribution in [0.2, 0.25) is 10.0 Å². The van der Waals surface area contributed by atoms with E-state index in [0.29, 0.717) is 16.5 Å². The zero-order chi connectivity index (χ0) is 23.0. The van der Waals surface area contributed by atoms with Crippen LogP contribution in [0.5, 0.6) is 0 Å². The number of amides is 1. The topological polar surface area (TPSA) is 77.8 Å². The van der Waals surface area contributed by atoms with E-state index in [1.54, 1.807) is 30.0 Å². The lowest BCUT2D eigenvalue weighted by molar-refractivity contribution is -0.162. The van der Waals surface area contributed by atoms with Crippen molar-refractivity contribution in [1.82, 2.24) is 4.90 Å². The van der Waals surface area contributed by atoms with Crippen molar-refractivity contribution >= 4 is 35.1 Å². The summed E-state index contributed by atoms with van der Waals surface area (Å²) in [5, 5.41) is 21.1. The first-order chi connectivity index (χ1) is 15.2. The molecule has 2 fully saturated rings. The van der Waals surface area contributed by atoms with Crippen molar-refractivity contribution in [2.45, 2.75) is 50.6 Å². The van der Waals surface area contributed by atoms with Crippen LogP contribution in [0.1, 0.15) is 55.7 Å². The maximum absolute atomic E-state index is 13.9. The molecule has 0 spiro atoms.